The lowest BCUT2D eigenvalue weighted by atomic mass is 10.3. The molecule has 1 heterocycles. The van der Waals surface area contributed by atoms with Gasteiger partial charge < -0.3 is 0 Å². The van der Waals surface area contributed by atoms with Crippen LogP contribution in [-0.4, -0.2) is 13.4 Å². The lowest BCUT2D eigenvalue weighted by Gasteiger charge is -2.08. The third-order valence-electron chi connectivity index (χ3n) is 2.22. The lowest BCUT2D eigenvalue weighted by Crippen LogP contribution is -2.24. The van der Waals surface area contributed by atoms with Gasteiger partial charge in [0.15, 0.2) is 5.82 Å². The summed E-state index contributed by atoms with van der Waals surface area (Å²) < 4.78 is 39.7. The van der Waals surface area contributed by atoms with Gasteiger partial charge >= 0.3 is 0 Å². The number of aromatic nitrogens is 1. The number of thiazole rings is 1. The van der Waals surface area contributed by atoms with Crippen LogP contribution in [0.25, 0.3) is 0 Å². The first-order valence-corrected chi connectivity index (χ1v) is 8.10. The van der Waals surface area contributed by atoms with Crippen LogP contribution < -0.4 is 4.72 Å². The molecule has 0 radical (unpaired) electrons. The van der Waals surface area contributed by atoms with E-state index in [0.717, 1.165) is 12.1 Å². The molecule has 0 saturated heterocycles. The van der Waals surface area contributed by atoms with E-state index in [1.807, 2.05) is 0 Å². The van der Waals surface area contributed by atoms with Crippen molar-refractivity contribution in [3.05, 3.63) is 44.6 Å². The molecule has 0 aliphatic rings. The molecule has 0 unspecified atom stereocenters. The Morgan fingerprint density at radius 2 is 2.11 bits per heavy atom. The third-order valence-corrected chi connectivity index (χ3v) is 5.07. The minimum absolute atomic E-state index is 0.00636. The van der Waals surface area contributed by atoms with E-state index in [2.05, 4.69) is 9.71 Å². The third kappa shape index (κ3) is 3.24. The number of halogens is 3. The molecule has 0 spiro atoms. The molecular weight excluding hydrogens is 334 g/mol. The Bertz CT molecular complexity index is 690. The van der Waals surface area contributed by atoms with E-state index in [1.165, 1.54) is 11.3 Å². The minimum atomic E-state index is -3.92. The zero-order chi connectivity index (χ0) is 14.0. The zero-order valence-electron chi connectivity index (χ0n) is 9.23. The van der Waals surface area contributed by atoms with Gasteiger partial charge in [-0.15, -0.1) is 11.3 Å². The topological polar surface area (TPSA) is 59.1 Å². The summed E-state index contributed by atoms with van der Waals surface area (Å²) in [4.78, 5) is 3.58. The molecule has 0 atom stereocenters. The molecule has 2 aromatic rings. The maximum atomic E-state index is 13.5. The van der Waals surface area contributed by atoms with Crippen LogP contribution in [-0.2, 0) is 16.6 Å². The van der Waals surface area contributed by atoms with Crippen LogP contribution >= 0.6 is 34.5 Å². The molecule has 4 nitrogen and oxygen atoms in total. The van der Waals surface area contributed by atoms with Crippen LogP contribution in [0, 0.1) is 5.82 Å². The number of benzene rings is 1. The minimum Gasteiger partial charge on any atom is -0.248 e. The molecule has 0 fully saturated rings. The van der Waals surface area contributed by atoms with Gasteiger partial charge in [0.25, 0.3) is 0 Å². The fourth-order valence-corrected chi connectivity index (χ4v) is 3.59. The molecular formula is C10H7Cl2FN2O2S2. The van der Waals surface area contributed by atoms with Gasteiger partial charge in [-0.1, -0.05) is 23.2 Å². The highest BCUT2D eigenvalue weighted by Crippen LogP contribution is 2.29. The quantitative estimate of drug-likeness (QED) is 0.870. The van der Waals surface area contributed by atoms with E-state index in [-0.39, 0.29) is 16.5 Å². The summed E-state index contributed by atoms with van der Waals surface area (Å²) in [5.74, 6) is -0.958. The molecule has 0 bridgehead atoms. The van der Waals surface area contributed by atoms with Crippen LogP contribution in [0.3, 0.4) is 0 Å². The summed E-state index contributed by atoms with van der Waals surface area (Å²) in [5.41, 5.74) is 2.15. The maximum Gasteiger partial charge on any atom is 0.242 e. The highest BCUT2D eigenvalue weighted by atomic mass is 35.5. The second-order valence-electron chi connectivity index (χ2n) is 3.48. The SMILES string of the molecule is O=S(=O)(NCc1cscn1)c1ccc(Cl)c(F)c1Cl. The average Bonchev–Trinajstić information content (AvgIpc) is 2.86. The van der Waals surface area contributed by atoms with Gasteiger partial charge in [-0.2, -0.15) is 0 Å². The summed E-state index contributed by atoms with van der Waals surface area (Å²) in [7, 11) is -3.92. The summed E-state index contributed by atoms with van der Waals surface area (Å²) in [6.45, 7) is 0.00636. The van der Waals surface area contributed by atoms with E-state index in [4.69, 9.17) is 23.2 Å². The molecule has 0 aliphatic carbocycles. The second kappa shape index (κ2) is 5.72. The Morgan fingerprint density at radius 1 is 1.37 bits per heavy atom. The Hall–Kier alpha value is -0.730. The molecule has 1 aromatic heterocycles. The number of rotatable bonds is 4. The molecule has 0 amide bonds. The normalized spacial score (nSPS) is 11.7. The lowest BCUT2D eigenvalue weighted by molar-refractivity contribution is 0.577. The molecule has 102 valence electrons. The van der Waals surface area contributed by atoms with Crippen LogP contribution in [0.5, 0.6) is 0 Å². The number of nitrogens with zero attached hydrogens (tertiary/aromatic N) is 1. The fraction of sp³-hybridized carbons (Fsp3) is 0.100. The van der Waals surface area contributed by atoms with Crippen molar-refractivity contribution in [3.8, 4) is 0 Å². The number of sulfonamides is 1. The van der Waals surface area contributed by atoms with Gasteiger partial charge in [-0.05, 0) is 12.1 Å². The number of nitrogens with one attached hydrogen (secondary N) is 1. The van der Waals surface area contributed by atoms with Crippen molar-refractivity contribution in [3.63, 3.8) is 0 Å². The van der Waals surface area contributed by atoms with Crippen molar-refractivity contribution in [2.24, 2.45) is 0 Å². The standard InChI is InChI=1S/C10H7Cl2FN2O2S2/c11-7-1-2-8(9(12)10(7)13)19(16,17)15-3-6-4-18-5-14-6/h1-2,4-5,15H,3H2. The van der Waals surface area contributed by atoms with Crippen molar-refractivity contribution < 1.29 is 12.8 Å². The Labute approximate surface area is 123 Å². The van der Waals surface area contributed by atoms with Crippen molar-refractivity contribution in [1.82, 2.24) is 9.71 Å². The number of hydrogen-bond donors (Lipinski definition) is 1. The van der Waals surface area contributed by atoms with Crippen LogP contribution in [0.4, 0.5) is 4.39 Å². The molecule has 0 saturated carbocycles. The summed E-state index contributed by atoms with van der Waals surface area (Å²) >= 11 is 12.5. The summed E-state index contributed by atoms with van der Waals surface area (Å²) in [6.07, 6.45) is 0. The van der Waals surface area contributed by atoms with Gasteiger partial charge in [-0.3, -0.25) is 0 Å². The van der Waals surface area contributed by atoms with Gasteiger partial charge in [0, 0.05) is 5.38 Å². The Morgan fingerprint density at radius 3 is 2.74 bits per heavy atom. The van der Waals surface area contributed by atoms with Gasteiger partial charge in [0.1, 0.15) is 4.90 Å². The van der Waals surface area contributed by atoms with Crippen LogP contribution in [0.15, 0.2) is 27.9 Å². The fourth-order valence-electron chi connectivity index (χ4n) is 1.29. The van der Waals surface area contributed by atoms with Gasteiger partial charge in [-0.25, -0.2) is 22.5 Å². The molecule has 19 heavy (non-hydrogen) atoms. The second-order valence-corrected chi connectivity index (χ2v) is 6.72. The van der Waals surface area contributed by atoms with E-state index >= 15 is 0 Å². The smallest absolute Gasteiger partial charge is 0.242 e. The molecule has 9 heteroatoms. The van der Waals surface area contributed by atoms with Crippen molar-refractivity contribution in [2.75, 3.05) is 0 Å². The first kappa shape index (κ1) is 14.7. The van der Waals surface area contributed by atoms with Crippen molar-refractivity contribution in [2.45, 2.75) is 11.4 Å². The zero-order valence-corrected chi connectivity index (χ0v) is 12.4. The highest BCUT2D eigenvalue weighted by molar-refractivity contribution is 7.89. The van der Waals surface area contributed by atoms with Gasteiger partial charge in [0.2, 0.25) is 10.0 Å². The van der Waals surface area contributed by atoms with Crippen LogP contribution in [0.2, 0.25) is 10.0 Å². The van der Waals surface area contributed by atoms with Crippen molar-refractivity contribution >= 4 is 44.6 Å². The van der Waals surface area contributed by atoms with E-state index < -0.39 is 20.9 Å². The van der Waals surface area contributed by atoms with E-state index in [0.29, 0.717) is 5.69 Å². The maximum absolute atomic E-state index is 13.5. The van der Waals surface area contributed by atoms with Crippen molar-refractivity contribution in [1.29, 1.82) is 0 Å². The molecule has 1 N–H and O–H groups in total. The largest absolute Gasteiger partial charge is 0.248 e. The number of hydrogen-bond acceptors (Lipinski definition) is 4. The first-order valence-electron chi connectivity index (χ1n) is 4.92. The summed E-state index contributed by atoms with van der Waals surface area (Å²) in [5, 5.41) is 0.939. The van der Waals surface area contributed by atoms with Crippen LogP contribution in [0.1, 0.15) is 5.69 Å². The van der Waals surface area contributed by atoms with E-state index in [1.54, 1.807) is 10.9 Å². The first-order chi connectivity index (χ1) is 8.92. The molecule has 1 aromatic carbocycles. The predicted molar refractivity (Wildman–Crippen MR) is 72.6 cm³/mol. The van der Waals surface area contributed by atoms with E-state index in [9.17, 15) is 12.8 Å². The Kier molecular flexibility index (Phi) is 4.42. The average molecular weight is 341 g/mol. The predicted octanol–water partition coefficient (Wildman–Crippen LogP) is 3.07. The monoisotopic (exact) mass is 340 g/mol. The Balaban J connectivity index is 2.27. The molecule has 2 rings (SSSR count). The molecule has 0 aliphatic heterocycles. The summed E-state index contributed by atoms with van der Waals surface area (Å²) in [6, 6.07) is 2.29. The highest BCUT2D eigenvalue weighted by Gasteiger charge is 2.21. The van der Waals surface area contributed by atoms with Gasteiger partial charge in [0.05, 0.1) is 27.8 Å².